The molecule has 12 heteroatoms. The number of hydrogen-bond donors (Lipinski definition) is 3. The van der Waals surface area contributed by atoms with Crippen molar-refractivity contribution in [1.82, 2.24) is 20.6 Å². The maximum Gasteiger partial charge on any atom is 0.491 e. The van der Waals surface area contributed by atoms with Crippen molar-refractivity contribution in [2.24, 2.45) is 0 Å². The monoisotopic (exact) mass is 546 g/mol. The Morgan fingerprint density at radius 3 is 1.95 bits per heavy atom. The highest BCUT2D eigenvalue weighted by atomic mass is 19.4. The molecule has 0 radical (unpaired) electrons. The molecule has 1 aromatic heterocycles. The van der Waals surface area contributed by atoms with Gasteiger partial charge in [-0.3, -0.25) is 9.59 Å². The number of alkyl halides is 3. The normalized spacial score (nSPS) is 12.1. The summed E-state index contributed by atoms with van der Waals surface area (Å²) >= 11 is 0. The Kier molecular flexibility index (Phi) is 16.7. The van der Waals surface area contributed by atoms with Gasteiger partial charge in [-0.25, -0.2) is 14.6 Å². The topological polar surface area (TPSA) is 130 Å². The highest BCUT2D eigenvalue weighted by molar-refractivity contribution is 5.94. The first-order valence-electron chi connectivity index (χ1n) is 13.5. The summed E-state index contributed by atoms with van der Waals surface area (Å²) in [6.07, 6.45) is 12.5. The van der Waals surface area contributed by atoms with Gasteiger partial charge in [-0.15, -0.1) is 0 Å². The van der Waals surface area contributed by atoms with E-state index in [9.17, 15) is 32.3 Å². The van der Waals surface area contributed by atoms with Crippen LogP contribution in [0.1, 0.15) is 103 Å². The third-order valence-electron chi connectivity index (χ3n) is 5.98. The van der Waals surface area contributed by atoms with Crippen LogP contribution >= 0.6 is 0 Å². The largest absolute Gasteiger partial charge is 0.491 e. The molecule has 0 bridgehead atoms. The number of carbonyl (C=O) groups is 4. The fraction of sp³-hybridized carbons (Fsp3) is 0.731. The number of hydrogen-bond acceptors (Lipinski definition) is 6. The summed E-state index contributed by atoms with van der Waals surface area (Å²) in [6, 6.07) is -1.59. The molecule has 216 valence electrons. The molecule has 9 nitrogen and oxygen atoms in total. The minimum absolute atomic E-state index is 0.241. The van der Waals surface area contributed by atoms with E-state index < -0.39 is 36.6 Å². The number of carbonyl (C=O) groups excluding carboxylic acids is 4. The third-order valence-corrected chi connectivity index (χ3v) is 5.98. The molecule has 0 unspecified atom stereocenters. The van der Waals surface area contributed by atoms with Gasteiger partial charge in [0.25, 0.3) is 0 Å². The minimum Gasteiger partial charge on any atom is -0.385 e. The lowest BCUT2D eigenvalue weighted by atomic mass is 10.0. The van der Waals surface area contributed by atoms with Crippen LogP contribution in [-0.2, 0) is 30.3 Å². The van der Waals surface area contributed by atoms with E-state index in [1.54, 1.807) is 0 Å². The van der Waals surface area contributed by atoms with Gasteiger partial charge in [0.15, 0.2) is 0 Å². The lowest BCUT2D eigenvalue weighted by molar-refractivity contribution is -0.202. The summed E-state index contributed by atoms with van der Waals surface area (Å²) in [5.41, 5.74) is 0.318. The van der Waals surface area contributed by atoms with Crippen LogP contribution in [0.25, 0.3) is 0 Å². The number of nitrogens with zero attached hydrogens (tertiary/aromatic N) is 1. The van der Waals surface area contributed by atoms with E-state index in [0.717, 1.165) is 19.3 Å². The van der Waals surface area contributed by atoms with Gasteiger partial charge in [0, 0.05) is 24.7 Å². The Morgan fingerprint density at radius 2 is 1.45 bits per heavy atom. The summed E-state index contributed by atoms with van der Waals surface area (Å²) in [4.78, 5) is 53.6. The molecular weight excluding hydrogens is 505 g/mol. The zero-order chi connectivity index (χ0) is 28.2. The Labute approximate surface area is 222 Å². The zero-order valence-electron chi connectivity index (χ0n) is 22.2. The van der Waals surface area contributed by atoms with Gasteiger partial charge in [-0.2, -0.15) is 13.2 Å². The predicted molar refractivity (Wildman–Crippen MR) is 135 cm³/mol. The van der Waals surface area contributed by atoms with Crippen LogP contribution in [0.2, 0.25) is 0 Å². The molecule has 2 amide bonds. The fourth-order valence-corrected chi connectivity index (χ4v) is 3.85. The van der Waals surface area contributed by atoms with Crippen molar-refractivity contribution in [2.75, 3.05) is 6.54 Å². The van der Waals surface area contributed by atoms with E-state index in [-0.39, 0.29) is 18.7 Å². The molecule has 38 heavy (non-hydrogen) atoms. The molecule has 1 atom stereocenters. The van der Waals surface area contributed by atoms with Gasteiger partial charge >= 0.3 is 18.1 Å². The second-order valence-corrected chi connectivity index (χ2v) is 9.38. The van der Waals surface area contributed by atoms with E-state index >= 15 is 0 Å². The van der Waals surface area contributed by atoms with E-state index in [1.165, 1.54) is 70.3 Å². The molecule has 0 aliphatic rings. The zero-order valence-corrected chi connectivity index (χ0v) is 22.2. The van der Waals surface area contributed by atoms with Crippen molar-refractivity contribution in [2.45, 2.75) is 115 Å². The average molecular weight is 547 g/mol. The molecule has 1 rings (SSSR count). The summed E-state index contributed by atoms with van der Waals surface area (Å²) < 4.78 is 41.1. The summed E-state index contributed by atoms with van der Waals surface area (Å²) in [5.74, 6) is -5.42. The fourth-order valence-electron chi connectivity index (χ4n) is 3.85. The standard InChI is InChI=1S/C26H41F3N4O5/c1-2-3-4-5-6-7-8-9-10-11-12-13-14-15-22(34)31-18-23(35)33-21(16-20-17-30-19-32-20)24(36)38-25(37)26(27,28)29/h17,19,21H,2-16,18H2,1H3,(H,30,32)(H,31,34)(H,33,35)/t21-/m0/s1. The number of unbranched alkanes of at least 4 members (excludes halogenated alkanes) is 12. The first kappa shape index (κ1) is 33.1. The minimum atomic E-state index is -5.36. The van der Waals surface area contributed by atoms with Gasteiger partial charge in [0.05, 0.1) is 12.9 Å². The number of esters is 2. The molecule has 0 aromatic carbocycles. The van der Waals surface area contributed by atoms with Gasteiger partial charge in [0.1, 0.15) is 6.04 Å². The van der Waals surface area contributed by atoms with Crippen LogP contribution in [-0.4, -0.2) is 52.5 Å². The van der Waals surface area contributed by atoms with Crippen molar-refractivity contribution in [3.05, 3.63) is 18.2 Å². The van der Waals surface area contributed by atoms with E-state index in [1.807, 2.05) is 0 Å². The predicted octanol–water partition coefficient (Wildman–Crippen LogP) is 4.67. The molecule has 0 aliphatic carbocycles. The number of nitrogens with one attached hydrogen (secondary N) is 3. The van der Waals surface area contributed by atoms with Gasteiger partial charge in [-0.05, 0) is 6.42 Å². The van der Waals surface area contributed by atoms with Gasteiger partial charge in [0.2, 0.25) is 11.8 Å². The summed E-state index contributed by atoms with van der Waals surface area (Å²) in [7, 11) is 0. The smallest absolute Gasteiger partial charge is 0.385 e. The Hall–Kier alpha value is -2.92. The van der Waals surface area contributed by atoms with Crippen molar-refractivity contribution < 1.29 is 37.1 Å². The van der Waals surface area contributed by atoms with Crippen molar-refractivity contribution in [3.8, 4) is 0 Å². The van der Waals surface area contributed by atoms with E-state index in [0.29, 0.717) is 12.1 Å². The molecule has 0 saturated carbocycles. The first-order valence-corrected chi connectivity index (χ1v) is 13.5. The average Bonchev–Trinajstić information content (AvgIpc) is 3.37. The number of aromatic amines is 1. The molecule has 0 aliphatic heterocycles. The number of amides is 2. The second-order valence-electron chi connectivity index (χ2n) is 9.38. The van der Waals surface area contributed by atoms with Crippen LogP contribution in [0.15, 0.2) is 12.5 Å². The Balaban J connectivity index is 2.23. The first-order chi connectivity index (χ1) is 18.1. The van der Waals surface area contributed by atoms with Crippen LogP contribution in [0.3, 0.4) is 0 Å². The number of imidazole rings is 1. The van der Waals surface area contributed by atoms with Crippen LogP contribution in [0.5, 0.6) is 0 Å². The van der Waals surface area contributed by atoms with Crippen LogP contribution in [0, 0.1) is 0 Å². The van der Waals surface area contributed by atoms with Crippen molar-refractivity contribution in [1.29, 1.82) is 0 Å². The van der Waals surface area contributed by atoms with Gasteiger partial charge in [-0.1, -0.05) is 84.0 Å². The number of H-pyrrole nitrogens is 1. The van der Waals surface area contributed by atoms with Crippen LogP contribution < -0.4 is 10.6 Å². The van der Waals surface area contributed by atoms with Gasteiger partial charge < -0.3 is 20.4 Å². The SMILES string of the molecule is CCCCCCCCCCCCCCCC(=O)NCC(=O)N[C@@H](Cc1cnc[nH]1)C(=O)OC(=O)C(F)(F)F. The van der Waals surface area contributed by atoms with Crippen molar-refractivity contribution in [3.63, 3.8) is 0 Å². The maximum absolute atomic E-state index is 12.4. The maximum atomic E-state index is 12.4. The second kappa shape index (κ2) is 19.2. The quantitative estimate of drug-likeness (QED) is 0.124. The Bertz CT molecular complexity index is 831. The molecular formula is C26H41F3N4O5. The number of ether oxygens (including phenoxy) is 1. The molecule has 0 saturated heterocycles. The molecule has 3 N–H and O–H groups in total. The molecule has 1 aromatic rings. The number of halogens is 3. The highest BCUT2D eigenvalue weighted by Gasteiger charge is 2.43. The number of rotatable bonds is 20. The summed E-state index contributed by atoms with van der Waals surface area (Å²) in [5, 5.41) is 4.61. The lowest BCUT2D eigenvalue weighted by Gasteiger charge is -2.17. The molecule has 1 heterocycles. The van der Waals surface area contributed by atoms with E-state index in [2.05, 4.69) is 32.3 Å². The molecule has 0 fully saturated rings. The lowest BCUT2D eigenvalue weighted by Crippen LogP contribution is -2.48. The highest BCUT2D eigenvalue weighted by Crippen LogP contribution is 2.17. The Morgan fingerprint density at radius 1 is 0.895 bits per heavy atom. The van der Waals surface area contributed by atoms with Crippen molar-refractivity contribution >= 4 is 23.8 Å². The molecule has 0 spiro atoms. The van der Waals surface area contributed by atoms with Crippen LogP contribution in [0.4, 0.5) is 13.2 Å². The third kappa shape index (κ3) is 16.0. The number of aromatic nitrogens is 2. The summed E-state index contributed by atoms with van der Waals surface area (Å²) in [6.45, 7) is 1.74. The van der Waals surface area contributed by atoms with E-state index in [4.69, 9.17) is 0 Å².